The maximum atomic E-state index is 13.4. The van der Waals surface area contributed by atoms with E-state index in [0.717, 1.165) is 35.6 Å². The first-order valence-corrected chi connectivity index (χ1v) is 9.57. The van der Waals surface area contributed by atoms with Gasteiger partial charge in [0.25, 0.3) is 0 Å². The Morgan fingerprint density at radius 1 is 1.18 bits per heavy atom. The van der Waals surface area contributed by atoms with Crippen molar-refractivity contribution in [2.24, 2.45) is 4.99 Å². The molecule has 0 saturated carbocycles. The van der Waals surface area contributed by atoms with E-state index in [4.69, 9.17) is 0 Å². The number of carbonyl (C=O) groups is 1. The zero-order valence-electron chi connectivity index (χ0n) is 16.5. The van der Waals surface area contributed by atoms with Crippen LogP contribution >= 0.6 is 0 Å². The van der Waals surface area contributed by atoms with Crippen LogP contribution in [0.15, 0.2) is 53.5 Å². The molecule has 2 aromatic carbocycles. The van der Waals surface area contributed by atoms with E-state index >= 15 is 0 Å². The van der Waals surface area contributed by atoms with Crippen molar-refractivity contribution >= 4 is 11.9 Å². The molecule has 3 rings (SSSR count). The van der Waals surface area contributed by atoms with E-state index in [2.05, 4.69) is 28.5 Å². The molecule has 0 aromatic heterocycles. The van der Waals surface area contributed by atoms with Crippen LogP contribution in [0.25, 0.3) is 0 Å². The van der Waals surface area contributed by atoms with Crippen LogP contribution in [0.2, 0.25) is 0 Å². The number of nitrogens with zero attached hydrogens (tertiary/aromatic N) is 3. The Hall–Kier alpha value is -2.89. The summed E-state index contributed by atoms with van der Waals surface area (Å²) in [6, 6.07) is 14.8. The molecule has 0 radical (unpaired) electrons. The lowest BCUT2D eigenvalue weighted by Crippen LogP contribution is -2.38. The summed E-state index contributed by atoms with van der Waals surface area (Å²) >= 11 is 0. The van der Waals surface area contributed by atoms with E-state index in [9.17, 15) is 9.18 Å². The molecule has 1 saturated heterocycles. The summed E-state index contributed by atoms with van der Waals surface area (Å²) in [6.07, 6.45) is 1.61. The van der Waals surface area contributed by atoms with Crippen LogP contribution in [-0.2, 0) is 24.4 Å². The molecular formula is C22H27FN4O. The summed E-state index contributed by atoms with van der Waals surface area (Å²) in [7, 11) is 3.66. The van der Waals surface area contributed by atoms with Crippen LogP contribution in [0, 0.1) is 5.82 Å². The normalized spacial score (nSPS) is 14.5. The number of amides is 1. The molecule has 1 amide bonds. The van der Waals surface area contributed by atoms with Gasteiger partial charge in [-0.15, -0.1) is 0 Å². The van der Waals surface area contributed by atoms with E-state index in [1.807, 2.05) is 29.0 Å². The van der Waals surface area contributed by atoms with Gasteiger partial charge in [-0.2, -0.15) is 0 Å². The second-order valence-corrected chi connectivity index (χ2v) is 7.13. The predicted octanol–water partition coefficient (Wildman–Crippen LogP) is 3.16. The Labute approximate surface area is 165 Å². The SMILES string of the molecule is CN=C(NCc1cccc(CN2CCCC2=O)c1)N(C)Cc1cccc(F)c1. The number of aliphatic imine (C=N–C) groups is 1. The van der Waals surface area contributed by atoms with Crippen molar-refractivity contribution in [2.75, 3.05) is 20.6 Å². The van der Waals surface area contributed by atoms with Gasteiger partial charge in [0.15, 0.2) is 5.96 Å². The fourth-order valence-corrected chi connectivity index (χ4v) is 3.48. The van der Waals surface area contributed by atoms with Crippen LogP contribution < -0.4 is 5.32 Å². The van der Waals surface area contributed by atoms with Crippen LogP contribution in [-0.4, -0.2) is 42.3 Å². The number of guanidine groups is 1. The maximum Gasteiger partial charge on any atom is 0.222 e. The molecule has 1 fully saturated rings. The van der Waals surface area contributed by atoms with Crippen molar-refractivity contribution in [3.63, 3.8) is 0 Å². The average Bonchev–Trinajstić information content (AvgIpc) is 3.07. The zero-order chi connectivity index (χ0) is 19.9. The van der Waals surface area contributed by atoms with Crippen LogP contribution in [0.5, 0.6) is 0 Å². The zero-order valence-corrected chi connectivity index (χ0v) is 16.5. The number of benzene rings is 2. The fourth-order valence-electron chi connectivity index (χ4n) is 3.48. The quantitative estimate of drug-likeness (QED) is 0.617. The highest BCUT2D eigenvalue weighted by Gasteiger charge is 2.19. The lowest BCUT2D eigenvalue weighted by Gasteiger charge is -2.22. The van der Waals surface area contributed by atoms with Gasteiger partial charge in [-0.1, -0.05) is 36.4 Å². The van der Waals surface area contributed by atoms with Gasteiger partial charge in [-0.25, -0.2) is 4.39 Å². The van der Waals surface area contributed by atoms with Crippen LogP contribution in [0.4, 0.5) is 4.39 Å². The topological polar surface area (TPSA) is 47.9 Å². The van der Waals surface area contributed by atoms with E-state index < -0.39 is 0 Å². The Bertz CT molecular complexity index is 852. The summed E-state index contributed by atoms with van der Waals surface area (Å²) in [5.74, 6) is 0.745. The van der Waals surface area contributed by atoms with Crippen molar-refractivity contribution in [3.05, 3.63) is 71.0 Å². The standard InChI is InChI=1S/C22H27FN4O/c1-24-22(26(2)15-19-8-4-9-20(23)13-19)25-14-17-6-3-7-18(12-17)16-27-11-5-10-21(27)28/h3-4,6-9,12-13H,5,10-11,14-16H2,1-2H3,(H,24,25). The lowest BCUT2D eigenvalue weighted by molar-refractivity contribution is -0.128. The third kappa shape index (κ3) is 5.31. The third-order valence-corrected chi connectivity index (χ3v) is 4.87. The highest BCUT2D eigenvalue weighted by molar-refractivity contribution is 5.79. The van der Waals surface area contributed by atoms with Gasteiger partial charge in [0.2, 0.25) is 5.91 Å². The first-order valence-electron chi connectivity index (χ1n) is 9.57. The molecular weight excluding hydrogens is 355 g/mol. The lowest BCUT2D eigenvalue weighted by atomic mass is 10.1. The summed E-state index contributed by atoms with van der Waals surface area (Å²) in [5, 5.41) is 3.35. The smallest absolute Gasteiger partial charge is 0.222 e. The van der Waals surface area contributed by atoms with Gasteiger partial charge in [0.1, 0.15) is 5.82 Å². The van der Waals surface area contributed by atoms with Gasteiger partial charge < -0.3 is 15.1 Å². The molecule has 0 aliphatic carbocycles. The highest BCUT2D eigenvalue weighted by Crippen LogP contribution is 2.15. The van der Waals surface area contributed by atoms with Gasteiger partial charge in [0.05, 0.1) is 0 Å². The molecule has 1 N–H and O–H groups in total. The summed E-state index contributed by atoms with van der Waals surface area (Å²) < 4.78 is 13.4. The van der Waals surface area contributed by atoms with Gasteiger partial charge in [-0.3, -0.25) is 9.79 Å². The minimum Gasteiger partial charge on any atom is -0.352 e. The summed E-state index contributed by atoms with van der Waals surface area (Å²) in [4.78, 5) is 20.0. The number of hydrogen-bond donors (Lipinski definition) is 1. The molecule has 5 nitrogen and oxygen atoms in total. The fraction of sp³-hybridized carbons (Fsp3) is 0.364. The Morgan fingerprint density at radius 3 is 2.64 bits per heavy atom. The molecule has 0 bridgehead atoms. The van der Waals surface area contributed by atoms with Crippen LogP contribution in [0.1, 0.15) is 29.5 Å². The van der Waals surface area contributed by atoms with Crippen molar-refractivity contribution in [3.8, 4) is 0 Å². The molecule has 148 valence electrons. The second-order valence-electron chi connectivity index (χ2n) is 7.13. The molecule has 0 atom stereocenters. The molecule has 28 heavy (non-hydrogen) atoms. The van der Waals surface area contributed by atoms with E-state index in [1.54, 1.807) is 13.1 Å². The number of hydrogen-bond acceptors (Lipinski definition) is 2. The molecule has 0 unspecified atom stereocenters. The monoisotopic (exact) mass is 382 g/mol. The average molecular weight is 382 g/mol. The highest BCUT2D eigenvalue weighted by atomic mass is 19.1. The Balaban J connectivity index is 1.57. The predicted molar refractivity (Wildman–Crippen MR) is 109 cm³/mol. The van der Waals surface area contributed by atoms with Gasteiger partial charge in [-0.05, 0) is 35.2 Å². The first-order chi connectivity index (χ1) is 13.5. The van der Waals surface area contributed by atoms with Gasteiger partial charge in [0, 0.05) is 46.7 Å². The summed E-state index contributed by atoms with van der Waals surface area (Å²) in [6.45, 7) is 2.70. The molecule has 1 aliphatic rings. The molecule has 1 aliphatic heterocycles. The second kappa shape index (κ2) is 9.35. The van der Waals surface area contributed by atoms with Crippen molar-refractivity contribution < 1.29 is 9.18 Å². The number of likely N-dealkylation sites (tertiary alicyclic amines) is 1. The number of carbonyl (C=O) groups excluding carboxylic acids is 1. The molecule has 6 heteroatoms. The Morgan fingerprint density at radius 2 is 1.93 bits per heavy atom. The van der Waals surface area contributed by atoms with Crippen molar-refractivity contribution in [1.82, 2.24) is 15.1 Å². The third-order valence-electron chi connectivity index (χ3n) is 4.87. The van der Waals surface area contributed by atoms with Gasteiger partial charge >= 0.3 is 0 Å². The number of nitrogens with one attached hydrogen (secondary N) is 1. The minimum absolute atomic E-state index is 0.234. The maximum absolute atomic E-state index is 13.4. The van der Waals surface area contributed by atoms with Crippen molar-refractivity contribution in [2.45, 2.75) is 32.5 Å². The first kappa shape index (κ1) is 19.9. The molecule has 0 spiro atoms. The van der Waals surface area contributed by atoms with Crippen LogP contribution in [0.3, 0.4) is 0 Å². The number of rotatable bonds is 6. The van der Waals surface area contributed by atoms with E-state index in [0.29, 0.717) is 26.1 Å². The molecule has 2 aromatic rings. The molecule has 1 heterocycles. The van der Waals surface area contributed by atoms with E-state index in [1.165, 1.54) is 12.1 Å². The van der Waals surface area contributed by atoms with Crippen molar-refractivity contribution in [1.29, 1.82) is 0 Å². The largest absolute Gasteiger partial charge is 0.352 e. The minimum atomic E-state index is -0.234. The Kier molecular flexibility index (Phi) is 6.63. The van der Waals surface area contributed by atoms with E-state index in [-0.39, 0.29) is 11.7 Å². The number of halogens is 1. The summed E-state index contributed by atoms with van der Waals surface area (Å²) in [5.41, 5.74) is 3.16.